The summed E-state index contributed by atoms with van der Waals surface area (Å²) in [6, 6.07) is 6.02. The van der Waals surface area contributed by atoms with E-state index < -0.39 is 0 Å². The second-order valence-corrected chi connectivity index (χ2v) is 3.65. The first kappa shape index (κ1) is 11.0. The summed E-state index contributed by atoms with van der Waals surface area (Å²) in [5.41, 5.74) is 2.18. The molecule has 0 aliphatic carbocycles. The summed E-state index contributed by atoms with van der Waals surface area (Å²) in [4.78, 5) is 4.63. The van der Waals surface area contributed by atoms with E-state index in [0.29, 0.717) is 0 Å². The zero-order valence-electron chi connectivity index (χ0n) is 9.95. The molecule has 2 aromatic heterocycles. The van der Waals surface area contributed by atoms with E-state index in [0.717, 1.165) is 35.9 Å². The number of fused-ring (bicyclic) bond motifs is 1. The van der Waals surface area contributed by atoms with Crippen molar-refractivity contribution in [2.75, 3.05) is 14.2 Å². The number of hydrogen-bond acceptors (Lipinski definition) is 3. The maximum Gasteiger partial charge on any atom is 0.199 e. The third kappa shape index (κ3) is 1.65. The molecule has 0 fully saturated rings. The third-order valence-electron chi connectivity index (χ3n) is 2.64. The van der Waals surface area contributed by atoms with Crippen LogP contribution in [0.5, 0.6) is 5.88 Å². The van der Waals surface area contributed by atoms with Crippen molar-refractivity contribution in [2.24, 2.45) is 0 Å². The van der Waals surface area contributed by atoms with Gasteiger partial charge in [-0.2, -0.15) is 0 Å². The maximum absolute atomic E-state index is 5.36. The summed E-state index contributed by atoms with van der Waals surface area (Å²) in [5.74, 6) is 1.88. The number of pyridine rings is 1. The Morgan fingerprint density at radius 3 is 2.88 bits per heavy atom. The van der Waals surface area contributed by atoms with Gasteiger partial charge in [-0.25, -0.2) is 4.98 Å². The molecule has 0 aromatic carbocycles. The summed E-state index contributed by atoms with van der Waals surface area (Å²) >= 11 is 0. The minimum atomic E-state index is 0.774. The molecule has 4 heteroatoms. The van der Waals surface area contributed by atoms with Gasteiger partial charge in [0.05, 0.1) is 18.3 Å². The highest BCUT2D eigenvalue weighted by Gasteiger charge is 2.11. The number of rotatable bonds is 4. The lowest BCUT2D eigenvalue weighted by molar-refractivity contribution is 0.390. The van der Waals surface area contributed by atoms with E-state index in [2.05, 4.69) is 27.7 Å². The number of aryl methyl sites for hydroxylation is 1. The molecule has 0 saturated carbocycles. The quantitative estimate of drug-likeness (QED) is 0.849. The molecule has 0 bridgehead atoms. The number of nitrogens with zero attached hydrogens (tertiary/aromatic N) is 2. The predicted molar refractivity (Wildman–Crippen MR) is 63.9 cm³/mol. The van der Waals surface area contributed by atoms with Crippen molar-refractivity contribution < 1.29 is 4.74 Å². The molecule has 2 rings (SSSR count). The van der Waals surface area contributed by atoms with Crippen molar-refractivity contribution in [1.82, 2.24) is 14.7 Å². The molecule has 86 valence electrons. The second-order valence-electron chi connectivity index (χ2n) is 3.65. The fourth-order valence-electron chi connectivity index (χ4n) is 1.94. The highest BCUT2D eigenvalue weighted by Crippen LogP contribution is 2.20. The number of aromatic nitrogens is 2. The normalized spacial score (nSPS) is 10.9. The summed E-state index contributed by atoms with van der Waals surface area (Å²) in [7, 11) is 3.61. The fourth-order valence-corrected chi connectivity index (χ4v) is 1.94. The Hall–Kier alpha value is -1.55. The lowest BCUT2D eigenvalue weighted by atomic mass is 10.3. The minimum Gasteiger partial charge on any atom is -0.482 e. The van der Waals surface area contributed by atoms with Crippen LogP contribution in [0.3, 0.4) is 0 Å². The standard InChI is InChI=1S/C12H17N3O/c1-4-11-14-9(8-13-2)10-6-5-7-12(16-3)15(10)11/h5-7,13H,4,8H2,1-3H3. The Labute approximate surface area is 95.3 Å². The van der Waals surface area contributed by atoms with E-state index in [1.165, 1.54) is 0 Å². The number of ether oxygens (including phenoxy) is 1. The first-order valence-electron chi connectivity index (χ1n) is 5.49. The topological polar surface area (TPSA) is 38.6 Å². The van der Waals surface area contributed by atoms with Gasteiger partial charge in [-0.15, -0.1) is 0 Å². The molecule has 0 amide bonds. The Morgan fingerprint density at radius 2 is 2.25 bits per heavy atom. The van der Waals surface area contributed by atoms with Crippen LogP contribution in [-0.2, 0) is 13.0 Å². The number of imidazole rings is 1. The van der Waals surface area contributed by atoms with Crippen LogP contribution in [-0.4, -0.2) is 23.5 Å². The Bertz CT molecular complexity index is 490. The van der Waals surface area contributed by atoms with Crippen LogP contribution in [0.4, 0.5) is 0 Å². The maximum atomic E-state index is 5.36. The lowest BCUT2D eigenvalue weighted by Crippen LogP contribution is -2.05. The van der Waals surface area contributed by atoms with Gasteiger partial charge in [0.1, 0.15) is 5.82 Å². The largest absolute Gasteiger partial charge is 0.482 e. The monoisotopic (exact) mass is 219 g/mol. The van der Waals surface area contributed by atoms with E-state index in [4.69, 9.17) is 4.74 Å². The van der Waals surface area contributed by atoms with Gasteiger partial charge in [-0.05, 0) is 19.2 Å². The van der Waals surface area contributed by atoms with Crippen LogP contribution in [0.25, 0.3) is 5.52 Å². The molecule has 0 aliphatic rings. The number of methoxy groups -OCH3 is 1. The SMILES string of the molecule is CCc1nc(CNC)c2cccc(OC)n12. The molecule has 0 unspecified atom stereocenters. The highest BCUT2D eigenvalue weighted by atomic mass is 16.5. The van der Waals surface area contributed by atoms with Gasteiger partial charge in [-0.3, -0.25) is 4.40 Å². The molecule has 16 heavy (non-hydrogen) atoms. The van der Waals surface area contributed by atoms with Crippen LogP contribution in [0.1, 0.15) is 18.4 Å². The Kier molecular flexibility index (Phi) is 3.10. The van der Waals surface area contributed by atoms with E-state index >= 15 is 0 Å². The molecule has 2 aromatic rings. The van der Waals surface area contributed by atoms with Gasteiger partial charge in [0, 0.05) is 13.0 Å². The van der Waals surface area contributed by atoms with Crippen molar-refractivity contribution in [3.05, 3.63) is 29.7 Å². The summed E-state index contributed by atoms with van der Waals surface area (Å²) in [6.07, 6.45) is 0.894. The van der Waals surface area contributed by atoms with Crippen molar-refractivity contribution in [3.8, 4) is 5.88 Å². The Balaban J connectivity index is 2.68. The zero-order chi connectivity index (χ0) is 11.5. The van der Waals surface area contributed by atoms with Crippen molar-refractivity contribution >= 4 is 5.52 Å². The molecule has 0 aliphatic heterocycles. The molecule has 0 spiro atoms. The van der Waals surface area contributed by atoms with E-state index in [1.807, 2.05) is 19.2 Å². The Morgan fingerprint density at radius 1 is 1.44 bits per heavy atom. The summed E-state index contributed by atoms with van der Waals surface area (Å²) in [5, 5.41) is 3.13. The molecular weight excluding hydrogens is 202 g/mol. The van der Waals surface area contributed by atoms with Gasteiger partial charge < -0.3 is 10.1 Å². The van der Waals surface area contributed by atoms with Crippen LogP contribution in [0, 0.1) is 0 Å². The van der Waals surface area contributed by atoms with Crippen molar-refractivity contribution in [2.45, 2.75) is 19.9 Å². The smallest absolute Gasteiger partial charge is 0.199 e. The highest BCUT2D eigenvalue weighted by molar-refractivity contribution is 5.55. The average Bonchev–Trinajstić information content (AvgIpc) is 2.68. The molecule has 1 N–H and O–H groups in total. The van der Waals surface area contributed by atoms with E-state index in [1.54, 1.807) is 7.11 Å². The first-order chi connectivity index (χ1) is 7.81. The number of nitrogens with one attached hydrogen (secondary N) is 1. The van der Waals surface area contributed by atoms with Gasteiger partial charge >= 0.3 is 0 Å². The molecule has 0 atom stereocenters. The molecule has 0 saturated heterocycles. The van der Waals surface area contributed by atoms with Crippen molar-refractivity contribution in [1.29, 1.82) is 0 Å². The minimum absolute atomic E-state index is 0.774. The zero-order valence-corrected chi connectivity index (χ0v) is 9.95. The van der Waals surface area contributed by atoms with Crippen LogP contribution >= 0.6 is 0 Å². The van der Waals surface area contributed by atoms with Crippen LogP contribution in [0.2, 0.25) is 0 Å². The predicted octanol–water partition coefficient (Wildman–Crippen LogP) is 1.62. The summed E-state index contributed by atoms with van der Waals surface area (Å²) in [6.45, 7) is 2.88. The third-order valence-corrected chi connectivity index (χ3v) is 2.64. The van der Waals surface area contributed by atoms with Crippen molar-refractivity contribution in [3.63, 3.8) is 0 Å². The second kappa shape index (κ2) is 4.53. The van der Waals surface area contributed by atoms with Crippen LogP contribution in [0.15, 0.2) is 18.2 Å². The molecule has 4 nitrogen and oxygen atoms in total. The molecule has 0 radical (unpaired) electrons. The average molecular weight is 219 g/mol. The number of hydrogen-bond donors (Lipinski definition) is 1. The summed E-state index contributed by atoms with van der Waals surface area (Å²) < 4.78 is 7.44. The first-order valence-corrected chi connectivity index (χ1v) is 5.49. The van der Waals surface area contributed by atoms with E-state index in [9.17, 15) is 0 Å². The van der Waals surface area contributed by atoms with E-state index in [-0.39, 0.29) is 0 Å². The lowest BCUT2D eigenvalue weighted by Gasteiger charge is -2.05. The molecule has 2 heterocycles. The van der Waals surface area contributed by atoms with Gasteiger partial charge in [0.2, 0.25) is 0 Å². The van der Waals surface area contributed by atoms with Gasteiger partial charge in [0.15, 0.2) is 5.88 Å². The fraction of sp³-hybridized carbons (Fsp3) is 0.417. The van der Waals surface area contributed by atoms with Crippen LogP contribution < -0.4 is 10.1 Å². The van der Waals surface area contributed by atoms with Gasteiger partial charge in [-0.1, -0.05) is 13.0 Å². The molecular formula is C12H17N3O. The van der Waals surface area contributed by atoms with Gasteiger partial charge in [0.25, 0.3) is 0 Å².